The third-order valence-corrected chi connectivity index (χ3v) is 9.13. The van der Waals surface area contributed by atoms with E-state index >= 15 is 0 Å². The lowest BCUT2D eigenvalue weighted by Crippen LogP contribution is -2.51. The molecule has 0 aliphatic carbocycles. The number of ether oxygens (including phenoxy) is 5. The van der Waals surface area contributed by atoms with Crippen LogP contribution in [0.1, 0.15) is 37.7 Å². The van der Waals surface area contributed by atoms with Crippen LogP contribution in [0.5, 0.6) is 23.0 Å². The molecule has 0 atom stereocenters. The number of piperidine rings is 1. The molecule has 8 nitrogen and oxygen atoms in total. The predicted molar refractivity (Wildman–Crippen MR) is 161 cm³/mol. The van der Waals surface area contributed by atoms with Crippen LogP contribution < -0.4 is 14.2 Å². The fourth-order valence-corrected chi connectivity index (χ4v) is 6.11. The molecule has 0 amide bonds. The summed E-state index contributed by atoms with van der Waals surface area (Å²) in [5.41, 5.74) is 2.01. The van der Waals surface area contributed by atoms with Gasteiger partial charge >= 0.3 is 0 Å². The van der Waals surface area contributed by atoms with Crippen LogP contribution in [0.15, 0.2) is 42.6 Å². The molecule has 0 radical (unpaired) electrons. The predicted octanol–water partition coefficient (Wildman–Crippen LogP) is 6.11. The molecule has 0 unspecified atom stereocenters. The van der Waals surface area contributed by atoms with Crippen LogP contribution in [0.4, 0.5) is 0 Å². The van der Waals surface area contributed by atoms with E-state index in [1.54, 1.807) is 19.4 Å². The Morgan fingerprint density at radius 2 is 1.90 bits per heavy atom. The molecule has 1 spiro atoms. The van der Waals surface area contributed by atoms with Gasteiger partial charge < -0.3 is 28.6 Å². The quantitative estimate of drug-likeness (QED) is 0.219. The fourth-order valence-electron chi connectivity index (χ4n) is 5.87. The number of pyridine rings is 1. The number of methoxy groups -OCH3 is 1. The number of aromatic nitrogens is 1. The van der Waals surface area contributed by atoms with Crippen LogP contribution in [0.25, 0.3) is 10.9 Å². The normalized spacial score (nSPS) is 18.4. The summed E-state index contributed by atoms with van der Waals surface area (Å²) in [7, 11) is 1.64. The highest BCUT2D eigenvalue weighted by atomic mass is 35.5. The van der Waals surface area contributed by atoms with Gasteiger partial charge in [-0.2, -0.15) is 0 Å². The molecule has 0 N–H and O–H groups in total. The average Bonchev–Trinajstić information content (AvgIpc) is 2.95. The molecule has 0 bridgehead atoms. The average molecular weight is 595 g/mol. The Bertz CT molecular complexity index is 1400. The van der Waals surface area contributed by atoms with E-state index in [0.29, 0.717) is 58.8 Å². The highest BCUT2D eigenvalue weighted by Crippen LogP contribution is 2.39. The molecule has 3 aromatic rings. The van der Waals surface area contributed by atoms with E-state index in [9.17, 15) is 4.79 Å². The number of hydrogen-bond acceptors (Lipinski definition) is 8. The van der Waals surface area contributed by atoms with Gasteiger partial charge in [-0.15, -0.1) is 0 Å². The van der Waals surface area contributed by atoms with Gasteiger partial charge in [0.05, 0.1) is 45.7 Å². The summed E-state index contributed by atoms with van der Waals surface area (Å²) < 4.78 is 28.7. The van der Waals surface area contributed by atoms with Gasteiger partial charge in [-0.1, -0.05) is 17.7 Å². The Morgan fingerprint density at radius 3 is 2.60 bits per heavy atom. The molecule has 9 heteroatoms. The minimum absolute atomic E-state index is 0.187. The van der Waals surface area contributed by atoms with E-state index in [1.165, 1.54) is 12.8 Å². The van der Waals surface area contributed by atoms with Crippen molar-refractivity contribution in [3.63, 3.8) is 0 Å². The van der Waals surface area contributed by atoms with Crippen molar-refractivity contribution >= 4 is 28.3 Å². The maximum atomic E-state index is 12.4. The summed E-state index contributed by atoms with van der Waals surface area (Å²) in [4.78, 5) is 19.5. The van der Waals surface area contributed by atoms with E-state index in [2.05, 4.69) is 9.88 Å². The van der Waals surface area contributed by atoms with Crippen molar-refractivity contribution in [1.82, 2.24) is 9.88 Å². The summed E-state index contributed by atoms with van der Waals surface area (Å²) in [5.74, 6) is 3.21. The maximum absolute atomic E-state index is 12.4. The van der Waals surface area contributed by atoms with Gasteiger partial charge in [0.1, 0.15) is 17.3 Å². The second-order valence-corrected chi connectivity index (χ2v) is 12.3. The van der Waals surface area contributed by atoms with Crippen LogP contribution >= 0.6 is 11.6 Å². The number of likely N-dealkylation sites (tertiary alicyclic amines) is 1. The first-order chi connectivity index (χ1) is 20.5. The number of benzene rings is 2. The van der Waals surface area contributed by atoms with Gasteiger partial charge in [0.2, 0.25) is 0 Å². The number of carbonyl (C=O) groups excluding carboxylic acids is 1. The zero-order valence-electron chi connectivity index (χ0n) is 24.2. The molecule has 224 valence electrons. The SMILES string of the molecule is COc1cc2c(Oc3ccc(CC(=O)CCC4COC4)c(Cl)c3)ccnc2cc1OCCCN1CCC2(CC1)COC2. The van der Waals surface area contributed by atoms with Gasteiger partial charge in [-0.3, -0.25) is 9.78 Å². The second-order valence-electron chi connectivity index (χ2n) is 11.9. The molecule has 2 aromatic carbocycles. The summed E-state index contributed by atoms with van der Waals surface area (Å²) in [6.45, 7) is 7.30. The van der Waals surface area contributed by atoms with E-state index < -0.39 is 0 Å². The Morgan fingerprint density at radius 1 is 1.07 bits per heavy atom. The van der Waals surface area contributed by atoms with Crippen LogP contribution in [0.2, 0.25) is 5.02 Å². The van der Waals surface area contributed by atoms with Crippen LogP contribution in [0, 0.1) is 11.3 Å². The summed E-state index contributed by atoms with van der Waals surface area (Å²) in [6, 6.07) is 11.1. The van der Waals surface area contributed by atoms with Gasteiger partial charge in [0.15, 0.2) is 11.5 Å². The number of nitrogens with zero attached hydrogens (tertiary/aromatic N) is 2. The maximum Gasteiger partial charge on any atom is 0.163 e. The lowest BCUT2D eigenvalue weighted by Gasteiger charge is -2.47. The monoisotopic (exact) mass is 594 g/mol. The first kappa shape index (κ1) is 29.2. The van der Waals surface area contributed by atoms with E-state index in [-0.39, 0.29) is 5.78 Å². The van der Waals surface area contributed by atoms with Crippen molar-refractivity contribution in [2.24, 2.45) is 11.3 Å². The van der Waals surface area contributed by atoms with Crippen LogP contribution in [-0.2, 0) is 20.7 Å². The largest absolute Gasteiger partial charge is 0.493 e. The number of halogens is 1. The van der Waals surface area contributed by atoms with Gasteiger partial charge in [0.25, 0.3) is 0 Å². The molecule has 6 rings (SSSR count). The van der Waals surface area contributed by atoms with Gasteiger partial charge in [0, 0.05) is 53.4 Å². The highest BCUT2D eigenvalue weighted by molar-refractivity contribution is 6.31. The minimum Gasteiger partial charge on any atom is -0.493 e. The highest BCUT2D eigenvalue weighted by Gasteiger charge is 2.40. The zero-order valence-corrected chi connectivity index (χ0v) is 25.0. The van der Waals surface area contributed by atoms with Gasteiger partial charge in [-0.25, -0.2) is 0 Å². The zero-order chi connectivity index (χ0) is 28.9. The Kier molecular flexibility index (Phi) is 9.14. The summed E-state index contributed by atoms with van der Waals surface area (Å²) in [5, 5.41) is 1.32. The number of carbonyl (C=O) groups is 1. The second kappa shape index (κ2) is 13.2. The van der Waals surface area contributed by atoms with Crippen LogP contribution in [-0.4, -0.2) is 75.4 Å². The molecule has 3 aliphatic heterocycles. The fraction of sp³-hybridized carbons (Fsp3) is 0.515. The molecule has 4 heterocycles. The molecule has 42 heavy (non-hydrogen) atoms. The van der Waals surface area contributed by atoms with Gasteiger partial charge in [-0.05, 0) is 68.6 Å². The summed E-state index contributed by atoms with van der Waals surface area (Å²) >= 11 is 6.55. The third-order valence-electron chi connectivity index (χ3n) is 8.77. The Hall–Kier alpha value is -2.91. The number of ketones is 1. The van der Waals surface area contributed by atoms with Crippen LogP contribution in [0.3, 0.4) is 0 Å². The first-order valence-electron chi connectivity index (χ1n) is 15.0. The molecule has 1 aromatic heterocycles. The van der Waals surface area contributed by atoms with Crippen molar-refractivity contribution in [1.29, 1.82) is 0 Å². The number of Topliss-reactive ketones (excluding diaryl/α,β-unsaturated/α-hetero) is 1. The molecular weight excluding hydrogens is 556 g/mol. The molecular formula is C33H39ClN2O6. The number of hydrogen-bond donors (Lipinski definition) is 0. The number of fused-ring (bicyclic) bond motifs is 1. The Balaban J connectivity index is 1.05. The summed E-state index contributed by atoms with van der Waals surface area (Å²) in [6.07, 6.45) is 6.86. The van der Waals surface area contributed by atoms with Crippen molar-refractivity contribution in [3.05, 3.63) is 53.2 Å². The lowest BCUT2D eigenvalue weighted by atomic mass is 9.77. The first-order valence-corrected chi connectivity index (χ1v) is 15.3. The van der Waals surface area contributed by atoms with E-state index in [1.807, 2.05) is 30.3 Å². The lowest BCUT2D eigenvalue weighted by molar-refractivity contribution is -0.139. The standard InChI is InChI=1S/C33H39ClN2O6/c1-38-31-17-27-29(18-32(31)41-14-2-11-36-12-8-33(9-13-36)21-40-22-33)35-10-7-30(27)42-26-6-4-24(28(34)16-26)15-25(37)5-3-23-19-39-20-23/h4,6-7,10,16-18,23H,2-3,5,8-9,11-15,19-22H2,1H3. The topological polar surface area (TPSA) is 79.4 Å². The van der Waals surface area contributed by atoms with E-state index in [4.69, 9.17) is 35.3 Å². The van der Waals surface area contributed by atoms with Crippen molar-refractivity contribution in [2.45, 2.75) is 38.5 Å². The molecule has 3 fully saturated rings. The van der Waals surface area contributed by atoms with E-state index in [0.717, 1.165) is 75.4 Å². The number of rotatable bonds is 13. The molecule has 3 aliphatic rings. The Labute approximate surface area is 252 Å². The smallest absolute Gasteiger partial charge is 0.163 e. The molecule has 3 saturated heterocycles. The molecule has 0 saturated carbocycles. The van der Waals surface area contributed by atoms with Crippen molar-refractivity contribution in [3.8, 4) is 23.0 Å². The van der Waals surface area contributed by atoms with Crippen molar-refractivity contribution in [2.75, 3.05) is 59.8 Å². The minimum atomic E-state index is 0.187. The van der Waals surface area contributed by atoms with Crippen molar-refractivity contribution < 1.29 is 28.5 Å². The third kappa shape index (κ3) is 6.83.